The minimum absolute atomic E-state index is 0.801. The van der Waals surface area contributed by atoms with Crippen LogP contribution in [0, 0.1) is 13.8 Å². The molecule has 0 aromatic carbocycles. The summed E-state index contributed by atoms with van der Waals surface area (Å²) in [5, 5.41) is 12.6. The quantitative estimate of drug-likeness (QED) is 0.868. The molecule has 21 heavy (non-hydrogen) atoms. The lowest BCUT2D eigenvalue weighted by molar-refractivity contribution is 0.575. The van der Waals surface area contributed by atoms with Gasteiger partial charge in [-0.1, -0.05) is 6.92 Å². The van der Waals surface area contributed by atoms with Gasteiger partial charge in [-0.25, -0.2) is 0 Å². The Balaban J connectivity index is 2.08. The molecule has 0 fully saturated rings. The number of nitrogens with one attached hydrogen (secondary N) is 1. The average molecular weight is 354 g/mol. The Hall–Kier alpha value is -1.14. The lowest BCUT2D eigenvalue weighted by atomic mass is 10.2. The van der Waals surface area contributed by atoms with Crippen LogP contribution in [0.25, 0.3) is 0 Å². The van der Waals surface area contributed by atoms with Crippen molar-refractivity contribution in [2.75, 3.05) is 0 Å². The average Bonchev–Trinajstić information content (AvgIpc) is 2.90. The molecule has 2 aromatic heterocycles. The Morgan fingerprint density at radius 3 is 2.38 bits per heavy atom. The van der Waals surface area contributed by atoms with Crippen LogP contribution >= 0.6 is 15.9 Å². The minimum Gasteiger partial charge on any atom is -0.307 e. The Labute approximate surface area is 134 Å². The third kappa shape index (κ3) is 3.21. The number of hydrogen-bond donors (Lipinski definition) is 1. The number of rotatable bonds is 6. The zero-order chi connectivity index (χ0) is 15.6. The molecule has 0 saturated carbocycles. The maximum atomic E-state index is 4.62. The van der Waals surface area contributed by atoms with Crippen LogP contribution in [0.3, 0.4) is 0 Å². The van der Waals surface area contributed by atoms with Crippen LogP contribution in [0.2, 0.25) is 0 Å². The molecule has 0 aliphatic rings. The van der Waals surface area contributed by atoms with E-state index in [-0.39, 0.29) is 0 Å². The fourth-order valence-corrected chi connectivity index (χ4v) is 3.27. The summed E-state index contributed by atoms with van der Waals surface area (Å²) in [4.78, 5) is 0. The van der Waals surface area contributed by atoms with Crippen molar-refractivity contribution in [2.45, 2.75) is 53.8 Å². The molecule has 0 saturated heterocycles. The van der Waals surface area contributed by atoms with E-state index >= 15 is 0 Å². The molecule has 2 aromatic rings. The van der Waals surface area contributed by atoms with E-state index in [2.05, 4.69) is 63.8 Å². The molecule has 1 N–H and O–H groups in total. The fourth-order valence-electron chi connectivity index (χ4n) is 2.57. The van der Waals surface area contributed by atoms with E-state index in [9.17, 15) is 0 Å². The van der Waals surface area contributed by atoms with Gasteiger partial charge in [-0.3, -0.25) is 9.36 Å². The second-order valence-electron chi connectivity index (χ2n) is 5.25. The summed E-state index contributed by atoms with van der Waals surface area (Å²) < 4.78 is 5.14. The first-order valence-corrected chi connectivity index (χ1v) is 8.22. The summed E-state index contributed by atoms with van der Waals surface area (Å²) in [6.07, 6.45) is 0.946. The smallest absolute Gasteiger partial charge is 0.0767 e. The van der Waals surface area contributed by atoms with Gasteiger partial charge in [0.25, 0.3) is 0 Å². The molecular formula is C15H24BrN5. The minimum atomic E-state index is 0.801. The molecule has 0 aliphatic heterocycles. The fraction of sp³-hybridized carbons (Fsp3) is 0.600. The number of aryl methyl sites for hydroxylation is 4. The third-order valence-corrected chi connectivity index (χ3v) is 4.86. The normalized spacial score (nSPS) is 11.3. The van der Waals surface area contributed by atoms with Crippen LogP contribution in [-0.2, 0) is 33.1 Å². The van der Waals surface area contributed by atoms with Crippen molar-refractivity contribution >= 4 is 15.9 Å². The highest BCUT2D eigenvalue weighted by Crippen LogP contribution is 2.22. The summed E-state index contributed by atoms with van der Waals surface area (Å²) in [6.45, 7) is 10.9. The first kappa shape index (κ1) is 16.2. The predicted octanol–water partition coefficient (Wildman–Crippen LogP) is 2.87. The number of hydrogen-bond acceptors (Lipinski definition) is 3. The molecule has 0 aliphatic carbocycles. The molecule has 116 valence electrons. The molecule has 0 spiro atoms. The lowest BCUT2D eigenvalue weighted by Gasteiger charge is -2.08. The molecular weight excluding hydrogens is 330 g/mol. The largest absolute Gasteiger partial charge is 0.307 e. The van der Waals surface area contributed by atoms with Crippen molar-refractivity contribution in [3.05, 3.63) is 32.8 Å². The van der Waals surface area contributed by atoms with Crippen molar-refractivity contribution in [1.82, 2.24) is 24.9 Å². The summed E-state index contributed by atoms with van der Waals surface area (Å²) in [5.74, 6) is 0. The number of nitrogens with zero attached hydrogens (tertiary/aromatic N) is 4. The van der Waals surface area contributed by atoms with Crippen molar-refractivity contribution in [1.29, 1.82) is 0 Å². The second kappa shape index (κ2) is 6.75. The number of aromatic nitrogens is 4. The Morgan fingerprint density at radius 1 is 1.14 bits per heavy atom. The van der Waals surface area contributed by atoms with E-state index in [0.29, 0.717) is 0 Å². The van der Waals surface area contributed by atoms with Gasteiger partial charge < -0.3 is 5.32 Å². The van der Waals surface area contributed by atoms with Crippen LogP contribution in [0.1, 0.15) is 42.2 Å². The topological polar surface area (TPSA) is 47.7 Å². The predicted molar refractivity (Wildman–Crippen MR) is 88.2 cm³/mol. The lowest BCUT2D eigenvalue weighted by Crippen LogP contribution is -2.17. The maximum Gasteiger partial charge on any atom is 0.0767 e. The van der Waals surface area contributed by atoms with E-state index in [0.717, 1.165) is 41.9 Å². The summed E-state index contributed by atoms with van der Waals surface area (Å²) in [7, 11) is 1.99. The van der Waals surface area contributed by atoms with Gasteiger partial charge in [-0.2, -0.15) is 10.2 Å². The number of halogens is 1. The molecule has 2 rings (SSSR count). The van der Waals surface area contributed by atoms with Crippen LogP contribution in [-0.4, -0.2) is 19.6 Å². The van der Waals surface area contributed by atoms with E-state index in [4.69, 9.17) is 0 Å². The van der Waals surface area contributed by atoms with Crippen molar-refractivity contribution in [3.8, 4) is 0 Å². The van der Waals surface area contributed by atoms with Gasteiger partial charge in [0.15, 0.2) is 0 Å². The van der Waals surface area contributed by atoms with Gasteiger partial charge in [0.05, 0.1) is 21.6 Å². The van der Waals surface area contributed by atoms with Crippen LogP contribution in [0.5, 0.6) is 0 Å². The first-order chi connectivity index (χ1) is 9.99. The van der Waals surface area contributed by atoms with Gasteiger partial charge in [-0.15, -0.1) is 0 Å². The zero-order valence-electron chi connectivity index (χ0n) is 13.5. The monoisotopic (exact) mass is 353 g/mol. The molecule has 0 bridgehead atoms. The molecule has 0 radical (unpaired) electrons. The van der Waals surface area contributed by atoms with E-state index in [1.54, 1.807) is 0 Å². The highest BCUT2D eigenvalue weighted by Gasteiger charge is 2.14. The maximum absolute atomic E-state index is 4.62. The molecule has 5 nitrogen and oxygen atoms in total. The van der Waals surface area contributed by atoms with E-state index < -0.39 is 0 Å². The SMILES string of the molecule is CCc1nn(CC)c(CNCc2c(C)nn(C)c2C)c1Br. The van der Waals surface area contributed by atoms with Crippen LogP contribution in [0.4, 0.5) is 0 Å². The van der Waals surface area contributed by atoms with Gasteiger partial charge >= 0.3 is 0 Å². The summed E-state index contributed by atoms with van der Waals surface area (Å²) in [6, 6.07) is 0. The van der Waals surface area contributed by atoms with Gasteiger partial charge in [-0.05, 0) is 43.1 Å². The Bertz CT molecular complexity index is 627. The summed E-state index contributed by atoms with van der Waals surface area (Å²) >= 11 is 3.68. The van der Waals surface area contributed by atoms with Gasteiger partial charge in [0.2, 0.25) is 0 Å². The van der Waals surface area contributed by atoms with E-state index in [1.807, 2.05) is 11.7 Å². The van der Waals surface area contributed by atoms with Crippen molar-refractivity contribution < 1.29 is 0 Å². The first-order valence-electron chi connectivity index (χ1n) is 7.43. The Kier molecular flexibility index (Phi) is 5.22. The highest BCUT2D eigenvalue weighted by molar-refractivity contribution is 9.10. The molecule has 0 atom stereocenters. The second-order valence-corrected chi connectivity index (χ2v) is 6.05. The molecule has 0 amide bonds. The van der Waals surface area contributed by atoms with Gasteiger partial charge in [0, 0.05) is 37.9 Å². The molecule has 6 heteroatoms. The van der Waals surface area contributed by atoms with Crippen molar-refractivity contribution in [3.63, 3.8) is 0 Å². The Morgan fingerprint density at radius 2 is 1.86 bits per heavy atom. The zero-order valence-corrected chi connectivity index (χ0v) is 15.1. The highest BCUT2D eigenvalue weighted by atomic mass is 79.9. The van der Waals surface area contributed by atoms with E-state index in [1.165, 1.54) is 17.0 Å². The van der Waals surface area contributed by atoms with Gasteiger partial charge in [0.1, 0.15) is 0 Å². The van der Waals surface area contributed by atoms with Crippen LogP contribution < -0.4 is 5.32 Å². The molecule has 0 unspecified atom stereocenters. The summed E-state index contributed by atoms with van der Waals surface area (Å²) in [5.41, 5.74) is 5.94. The molecule has 2 heterocycles. The van der Waals surface area contributed by atoms with Crippen molar-refractivity contribution in [2.24, 2.45) is 7.05 Å². The van der Waals surface area contributed by atoms with Crippen LogP contribution in [0.15, 0.2) is 4.47 Å². The standard InChI is InChI=1S/C15H24BrN5/c1-6-13-15(16)14(21(7-2)19-13)9-17-8-12-10(3)18-20(5)11(12)4/h17H,6-9H2,1-5H3. The third-order valence-electron chi connectivity index (χ3n) is 3.95.